The van der Waals surface area contributed by atoms with Crippen molar-refractivity contribution in [1.29, 1.82) is 0 Å². The van der Waals surface area contributed by atoms with Crippen molar-refractivity contribution < 1.29 is 14.2 Å². The zero-order valence-corrected chi connectivity index (χ0v) is 8.39. The van der Waals surface area contributed by atoms with Gasteiger partial charge in [0.1, 0.15) is 5.75 Å². The number of hydrogen-bond donors (Lipinski definition) is 0. The van der Waals surface area contributed by atoms with Crippen molar-refractivity contribution in [2.45, 2.75) is 6.42 Å². The third-order valence-electron chi connectivity index (χ3n) is 2.26. The zero-order chi connectivity index (χ0) is 8.84. The van der Waals surface area contributed by atoms with E-state index in [9.17, 15) is 0 Å². The van der Waals surface area contributed by atoms with E-state index in [1.54, 1.807) is 0 Å². The van der Waals surface area contributed by atoms with Crippen molar-refractivity contribution in [2.75, 3.05) is 13.4 Å². The molecule has 4 heteroatoms. The van der Waals surface area contributed by atoms with E-state index in [2.05, 4.69) is 15.9 Å². The lowest BCUT2D eigenvalue weighted by atomic mass is 10.1. The highest BCUT2D eigenvalue weighted by molar-refractivity contribution is 9.10. The van der Waals surface area contributed by atoms with Crippen LogP contribution in [0.15, 0.2) is 10.5 Å². The lowest BCUT2D eigenvalue weighted by Gasteiger charge is -2.04. The van der Waals surface area contributed by atoms with Crippen LogP contribution in [0.2, 0.25) is 0 Å². The highest BCUT2D eigenvalue weighted by Gasteiger charge is 2.27. The highest BCUT2D eigenvalue weighted by Crippen LogP contribution is 2.47. The Morgan fingerprint density at radius 1 is 1.15 bits per heavy atom. The fourth-order valence-electron chi connectivity index (χ4n) is 1.70. The number of halogens is 1. The second kappa shape index (κ2) is 2.54. The number of benzene rings is 1. The number of ether oxygens (including phenoxy) is 3. The van der Waals surface area contributed by atoms with Gasteiger partial charge in [-0.1, -0.05) is 0 Å². The van der Waals surface area contributed by atoms with E-state index in [0.29, 0.717) is 6.79 Å². The topological polar surface area (TPSA) is 27.7 Å². The highest BCUT2D eigenvalue weighted by atomic mass is 79.9. The van der Waals surface area contributed by atoms with E-state index in [-0.39, 0.29) is 0 Å². The van der Waals surface area contributed by atoms with Crippen molar-refractivity contribution >= 4 is 15.9 Å². The molecule has 0 radical (unpaired) electrons. The van der Waals surface area contributed by atoms with Crippen LogP contribution in [0.1, 0.15) is 5.56 Å². The summed E-state index contributed by atoms with van der Waals surface area (Å²) in [5.41, 5.74) is 1.13. The molecule has 0 bridgehead atoms. The summed E-state index contributed by atoms with van der Waals surface area (Å²) in [6, 6.07) is 1.90. The molecule has 0 fully saturated rings. The van der Waals surface area contributed by atoms with Crippen LogP contribution < -0.4 is 14.2 Å². The van der Waals surface area contributed by atoms with Crippen LogP contribution >= 0.6 is 15.9 Å². The minimum absolute atomic E-state index is 0.318. The van der Waals surface area contributed by atoms with Crippen molar-refractivity contribution in [3.8, 4) is 17.2 Å². The van der Waals surface area contributed by atoms with Crippen LogP contribution in [0.3, 0.4) is 0 Å². The average molecular weight is 243 g/mol. The van der Waals surface area contributed by atoms with Crippen LogP contribution in [0.4, 0.5) is 0 Å². The zero-order valence-electron chi connectivity index (χ0n) is 6.80. The molecule has 0 atom stereocenters. The van der Waals surface area contributed by atoms with Gasteiger partial charge in [0.05, 0.1) is 11.1 Å². The van der Waals surface area contributed by atoms with Crippen LogP contribution in [-0.4, -0.2) is 13.4 Å². The van der Waals surface area contributed by atoms with Crippen molar-refractivity contribution in [3.05, 3.63) is 16.1 Å². The summed E-state index contributed by atoms with van der Waals surface area (Å²) < 4.78 is 17.1. The van der Waals surface area contributed by atoms with E-state index in [1.165, 1.54) is 0 Å². The summed E-state index contributed by atoms with van der Waals surface area (Å²) in [5.74, 6) is 2.58. The van der Waals surface area contributed by atoms with Crippen LogP contribution in [-0.2, 0) is 6.42 Å². The lowest BCUT2D eigenvalue weighted by molar-refractivity contribution is 0.173. The molecule has 0 aromatic heterocycles. The second-order valence-electron chi connectivity index (χ2n) is 3.00. The smallest absolute Gasteiger partial charge is 0.231 e. The quantitative estimate of drug-likeness (QED) is 0.698. The number of rotatable bonds is 0. The Morgan fingerprint density at radius 2 is 2.08 bits per heavy atom. The average Bonchev–Trinajstić information content (AvgIpc) is 2.66. The summed E-state index contributed by atoms with van der Waals surface area (Å²) in [6.45, 7) is 1.05. The first-order chi connectivity index (χ1) is 6.36. The molecule has 0 amide bonds. The molecule has 0 spiro atoms. The molecular weight excluding hydrogens is 236 g/mol. The van der Waals surface area contributed by atoms with Crippen LogP contribution in [0.25, 0.3) is 0 Å². The van der Waals surface area contributed by atoms with E-state index in [4.69, 9.17) is 14.2 Å². The molecule has 2 aliphatic heterocycles. The predicted molar refractivity (Wildman–Crippen MR) is 49.5 cm³/mol. The van der Waals surface area contributed by atoms with Gasteiger partial charge in [-0.05, 0) is 15.9 Å². The molecule has 13 heavy (non-hydrogen) atoms. The van der Waals surface area contributed by atoms with Gasteiger partial charge in [-0.2, -0.15) is 0 Å². The van der Waals surface area contributed by atoms with E-state index in [1.807, 2.05) is 6.07 Å². The maximum atomic E-state index is 5.47. The Kier molecular flexibility index (Phi) is 1.47. The number of fused-ring (bicyclic) bond motifs is 3. The Morgan fingerprint density at radius 3 is 3.00 bits per heavy atom. The number of hydrogen-bond acceptors (Lipinski definition) is 3. The standard InChI is InChI=1S/C9H7BrO3/c10-6-3-7-9(13-4-12-7)5-1-2-11-8(5)6/h3H,1-2,4H2. The van der Waals surface area contributed by atoms with Gasteiger partial charge in [0.25, 0.3) is 0 Å². The fourth-order valence-corrected chi connectivity index (χ4v) is 2.26. The maximum Gasteiger partial charge on any atom is 0.231 e. The molecule has 0 saturated carbocycles. The first-order valence-electron chi connectivity index (χ1n) is 4.10. The van der Waals surface area contributed by atoms with Gasteiger partial charge in [0, 0.05) is 18.1 Å². The van der Waals surface area contributed by atoms with E-state index in [0.717, 1.165) is 40.3 Å². The first kappa shape index (κ1) is 7.50. The second-order valence-corrected chi connectivity index (χ2v) is 3.85. The lowest BCUT2D eigenvalue weighted by Crippen LogP contribution is -1.94. The molecular formula is C9H7BrO3. The molecule has 1 aromatic rings. The van der Waals surface area contributed by atoms with Crippen molar-refractivity contribution in [2.24, 2.45) is 0 Å². The van der Waals surface area contributed by atoms with Crippen LogP contribution in [0, 0.1) is 0 Å². The summed E-state index contributed by atoms with van der Waals surface area (Å²) in [5, 5.41) is 0. The van der Waals surface area contributed by atoms with Gasteiger partial charge in [-0.25, -0.2) is 0 Å². The molecule has 3 nitrogen and oxygen atoms in total. The third-order valence-corrected chi connectivity index (χ3v) is 2.85. The molecule has 68 valence electrons. The molecule has 0 N–H and O–H groups in total. The van der Waals surface area contributed by atoms with Gasteiger partial charge < -0.3 is 14.2 Å². The van der Waals surface area contributed by atoms with Gasteiger partial charge >= 0.3 is 0 Å². The van der Waals surface area contributed by atoms with Gasteiger partial charge in [-0.15, -0.1) is 0 Å². The molecule has 3 rings (SSSR count). The summed E-state index contributed by atoms with van der Waals surface area (Å²) in [6.07, 6.45) is 0.903. The van der Waals surface area contributed by atoms with E-state index >= 15 is 0 Å². The molecule has 2 aliphatic rings. The predicted octanol–water partition coefficient (Wildman–Crippen LogP) is 2.11. The molecule has 2 heterocycles. The summed E-state index contributed by atoms with van der Waals surface area (Å²) >= 11 is 3.44. The first-order valence-corrected chi connectivity index (χ1v) is 4.89. The Bertz CT molecular complexity index is 376. The summed E-state index contributed by atoms with van der Waals surface area (Å²) in [7, 11) is 0. The summed E-state index contributed by atoms with van der Waals surface area (Å²) in [4.78, 5) is 0. The molecule has 0 saturated heterocycles. The molecule has 0 unspecified atom stereocenters. The molecule has 1 aromatic carbocycles. The minimum atomic E-state index is 0.318. The Balaban J connectivity index is 2.28. The SMILES string of the molecule is Brc1cc2c(c3c1OCC3)OCO2. The van der Waals surface area contributed by atoms with Crippen molar-refractivity contribution in [1.82, 2.24) is 0 Å². The van der Waals surface area contributed by atoms with Gasteiger partial charge in [-0.3, -0.25) is 0 Å². The fraction of sp³-hybridized carbons (Fsp3) is 0.333. The van der Waals surface area contributed by atoms with E-state index < -0.39 is 0 Å². The minimum Gasteiger partial charge on any atom is -0.492 e. The monoisotopic (exact) mass is 242 g/mol. The third kappa shape index (κ3) is 0.950. The van der Waals surface area contributed by atoms with Crippen molar-refractivity contribution in [3.63, 3.8) is 0 Å². The Labute approximate surface area is 83.7 Å². The Hall–Kier alpha value is -0.900. The van der Waals surface area contributed by atoms with Gasteiger partial charge in [0.15, 0.2) is 11.5 Å². The van der Waals surface area contributed by atoms with Gasteiger partial charge in [0.2, 0.25) is 6.79 Å². The van der Waals surface area contributed by atoms with Crippen LogP contribution in [0.5, 0.6) is 17.2 Å². The normalized spacial score (nSPS) is 17.0. The molecule has 0 aliphatic carbocycles. The maximum absolute atomic E-state index is 5.47. The largest absolute Gasteiger partial charge is 0.492 e.